The van der Waals surface area contributed by atoms with Gasteiger partial charge in [-0.1, -0.05) is 0 Å². The average Bonchev–Trinajstić information content (AvgIpc) is 2.22. The summed E-state index contributed by atoms with van der Waals surface area (Å²) in [7, 11) is 0. The summed E-state index contributed by atoms with van der Waals surface area (Å²) in [5.41, 5.74) is -0.177. The fraction of sp³-hybridized carbons (Fsp3) is 0.364. The van der Waals surface area contributed by atoms with Crippen LogP contribution in [0.4, 0.5) is 17.6 Å². The molecule has 0 unspecified atom stereocenters. The Morgan fingerprint density at radius 1 is 1.33 bits per heavy atom. The quantitative estimate of drug-likeness (QED) is 0.649. The Kier molecular flexibility index (Phi) is 4.52. The molecule has 0 heterocycles. The number of aromatic hydroxyl groups is 1. The van der Waals surface area contributed by atoms with E-state index in [9.17, 15) is 27.5 Å². The van der Waals surface area contributed by atoms with E-state index in [-0.39, 0.29) is 18.5 Å². The zero-order valence-electron chi connectivity index (χ0n) is 9.22. The van der Waals surface area contributed by atoms with E-state index in [0.717, 1.165) is 18.2 Å². The number of hydrogen-bond acceptors (Lipinski definition) is 2. The molecule has 0 radical (unpaired) electrons. The van der Waals surface area contributed by atoms with E-state index in [1.165, 1.54) is 0 Å². The van der Waals surface area contributed by atoms with E-state index >= 15 is 0 Å². The summed E-state index contributed by atoms with van der Waals surface area (Å²) in [6, 6.07) is 2.79. The molecule has 1 rings (SSSR count). The van der Waals surface area contributed by atoms with Gasteiger partial charge in [-0.15, -0.1) is 0 Å². The van der Waals surface area contributed by atoms with Gasteiger partial charge in [0.2, 0.25) is 0 Å². The van der Waals surface area contributed by atoms with E-state index in [4.69, 9.17) is 0 Å². The molecule has 7 heteroatoms. The van der Waals surface area contributed by atoms with Crippen molar-refractivity contribution in [2.45, 2.75) is 19.0 Å². The molecule has 0 bridgehead atoms. The lowest BCUT2D eigenvalue weighted by Crippen LogP contribution is -2.25. The standard InChI is InChI=1S/C11H11F4NO2/c12-7-2-3-8(9(17)6-7)10(18)16-5-1-4-11(13,14)15/h2-3,6,17H,1,4-5H2,(H,16,18). The molecule has 18 heavy (non-hydrogen) atoms. The lowest BCUT2D eigenvalue weighted by Gasteiger charge is -2.08. The maximum atomic E-state index is 12.6. The minimum atomic E-state index is -4.26. The molecule has 0 atom stereocenters. The van der Waals surface area contributed by atoms with Crippen LogP contribution in [0.2, 0.25) is 0 Å². The Hall–Kier alpha value is -1.79. The third kappa shape index (κ3) is 4.60. The number of carbonyl (C=O) groups is 1. The molecule has 2 N–H and O–H groups in total. The van der Waals surface area contributed by atoms with Crippen LogP contribution < -0.4 is 5.32 Å². The van der Waals surface area contributed by atoms with Crippen LogP contribution in [0.3, 0.4) is 0 Å². The minimum Gasteiger partial charge on any atom is -0.507 e. The second-order valence-electron chi connectivity index (χ2n) is 3.64. The number of rotatable bonds is 4. The third-order valence-corrected chi connectivity index (χ3v) is 2.13. The van der Waals surface area contributed by atoms with Gasteiger partial charge in [0.05, 0.1) is 5.56 Å². The Morgan fingerprint density at radius 2 is 2.00 bits per heavy atom. The molecule has 1 amide bonds. The zero-order valence-corrected chi connectivity index (χ0v) is 9.22. The molecule has 100 valence electrons. The molecule has 0 saturated heterocycles. The topological polar surface area (TPSA) is 49.3 Å². The summed E-state index contributed by atoms with van der Waals surface area (Å²) in [6.45, 7) is -0.171. The van der Waals surface area contributed by atoms with Gasteiger partial charge in [-0.2, -0.15) is 13.2 Å². The molecule has 0 aromatic heterocycles. The third-order valence-electron chi connectivity index (χ3n) is 2.13. The number of phenolic OH excluding ortho intramolecular Hbond substituents is 1. The monoisotopic (exact) mass is 265 g/mol. The number of amides is 1. The number of nitrogens with one attached hydrogen (secondary N) is 1. The summed E-state index contributed by atoms with van der Waals surface area (Å²) in [6.07, 6.45) is -5.51. The van der Waals surface area contributed by atoms with Gasteiger partial charge < -0.3 is 10.4 Å². The second kappa shape index (κ2) is 5.70. The molecule has 1 aromatic rings. The van der Waals surface area contributed by atoms with Gasteiger partial charge in [0.25, 0.3) is 5.91 Å². The van der Waals surface area contributed by atoms with E-state index < -0.39 is 30.1 Å². The van der Waals surface area contributed by atoms with Gasteiger partial charge in [0, 0.05) is 19.0 Å². The first-order chi connectivity index (χ1) is 8.29. The van der Waals surface area contributed by atoms with Crippen molar-refractivity contribution >= 4 is 5.91 Å². The maximum Gasteiger partial charge on any atom is 0.389 e. The van der Waals surface area contributed by atoms with Crippen LogP contribution in [0.15, 0.2) is 18.2 Å². The fourth-order valence-corrected chi connectivity index (χ4v) is 1.28. The second-order valence-corrected chi connectivity index (χ2v) is 3.64. The Morgan fingerprint density at radius 3 is 2.56 bits per heavy atom. The molecular formula is C11H11F4NO2. The predicted molar refractivity (Wildman–Crippen MR) is 55.7 cm³/mol. The Balaban J connectivity index is 2.46. The van der Waals surface area contributed by atoms with Crippen molar-refractivity contribution in [3.8, 4) is 5.75 Å². The van der Waals surface area contributed by atoms with Crippen LogP contribution >= 0.6 is 0 Å². The maximum absolute atomic E-state index is 12.6. The van der Waals surface area contributed by atoms with Crippen LogP contribution in [0, 0.1) is 5.82 Å². The lowest BCUT2D eigenvalue weighted by atomic mass is 10.2. The first-order valence-electron chi connectivity index (χ1n) is 5.13. The number of hydrogen-bond donors (Lipinski definition) is 2. The summed E-state index contributed by atoms with van der Waals surface area (Å²) < 4.78 is 48.1. The van der Waals surface area contributed by atoms with Gasteiger partial charge in [-0.05, 0) is 18.6 Å². The molecule has 0 aliphatic heterocycles. The first-order valence-corrected chi connectivity index (χ1v) is 5.13. The van der Waals surface area contributed by atoms with Crippen LogP contribution in [0.1, 0.15) is 23.2 Å². The van der Waals surface area contributed by atoms with Crippen molar-refractivity contribution in [1.82, 2.24) is 5.32 Å². The van der Waals surface area contributed by atoms with Crippen molar-refractivity contribution in [3.63, 3.8) is 0 Å². The van der Waals surface area contributed by atoms with Crippen molar-refractivity contribution in [3.05, 3.63) is 29.6 Å². The number of benzene rings is 1. The first kappa shape index (κ1) is 14.3. The van der Waals surface area contributed by atoms with E-state index in [1.807, 2.05) is 0 Å². The largest absolute Gasteiger partial charge is 0.507 e. The van der Waals surface area contributed by atoms with E-state index in [1.54, 1.807) is 0 Å². The van der Waals surface area contributed by atoms with Crippen LogP contribution in [0.25, 0.3) is 0 Å². The van der Waals surface area contributed by atoms with Gasteiger partial charge >= 0.3 is 6.18 Å². The summed E-state index contributed by atoms with van der Waals surface area (Å²) in [5, 5.41) is 11.5. The summed E-state index contributed by atoms with van der Waals surface area (Å²) >= 11 is 0. The van der Waals surface area contributed by atoms with E-state index in [2.05, 4.69) is 5.32 Å². The smallest absolute Gasteiger partial charge is 0.389 e. The Bertz CT molecular complexity index is 432. The zero-order chi connectivity index (χ0) is 13.8. The number of carbonyl (C=O) groups excluding carboxylic acids is 1. The molecule has 0 aliphatic rings. The summed E-state index contributed by atoms with van der Waals surface area (Å²) in [5.74, 6) is -2.00. The van der Waals surface area contributed by atoms with Crippen molar-refractivity contribution in [2.24, 2.45) is 0 Å². The molecule has 0 fully saturated rings. The van der Waals surface area contributed by atoms with Crippen molar-refractivity contribution in [2.75, 3.05) is 6.54 Å². The number of phenols is 1. The van der Waals surface area contributed by atoms with Crippen LogP contribution in [-0.2, 0) is 0 Å². The Labute approximate surface area is 100 Å². The molecule has 3 nitrogen and oxygen atoms in total. The lowest BCUT2D eigenvalue weighted by molar-refractivity contribution is -0.135. The highest BCUT2D eigenvalue weighted by atomic mass is 19.4. The van der Waals surface area contributed by atoms with Crippen LogP contribution in [-0.4, -0.2) is 23.7 Å². The number of halogens is 4. The van der Waals surface area contributed by atoms with Crippen molar-refractivity contribution < 1.29 is 27.5 Å². The molecule has 0 aliphatic carbocycles. The molecular weight excluding hydrogens is 254 g/mol. The van der Waals surface area contributed by atoms with Gasteiger partial charge in [0.1, 0.15) is 11.6 Å². The number of alkyl halides is 3. The summed E-state index contributed by atoms with van der Waals surface area (Å²) in [4.78, 5) is 11.4. The highest BCUT2D eigenvalue weighted by Crippen LogP contribution is 2.21. The van der Waals surface area contributed by atoms with Gasteiger partial charge in [-0.25, -0.2) is 4.39 Å². The van der Waals surface area contributed by atoms with Crippen LogP contribution in [0.5, 0.6) is 5.75 Å². The molecule has 0 spiro atoms. The SMILES string of the molecule is O=C(NCCCC(F)(F)F)c1ccc(F)cc1O. The molecule has 1 aromatic carbocycles. The van der Waals surface area contributed by atoms with Gasteiger partial charge in [-0.3, -0.25) is 4.79 Å². The highest BCUT2D eigenvalue weighted by Gasteiger charge is 2.26. The fourth-order valence-electron chi connectivity index (χ4n) is 1.28. The molecule has 0 saturated carbocycles. The average molecular weight is 265 g/mol. The predicted octanol–water partition coefficient (Wildman–Crippen LogP) is 2.60. The highest BCUT2D eigenvalue weighted by molar-refractivity contribution is 5.96. The normalized spacial score (nSPS) is 11.3. The van der Waals surface area contributed by atoms with Gasteiger partial charge in [0.15, 0.2) is 0 Å². The van der Waals surface area contributed by atoms with E-state index in [0.29, 0.717) is 0 Å². The minimum absolute atomic E-state index is 0.171. The van der Waals surface area contributed by atoms with Crippen molar-refractivity contribution in [1.29, 1.82) is 0 Å².